The zero-order valence-corrected chi connectivity index (χ0v) is 9.22. The summed E-state index contributed by atoms with van der Waals surface area (Å²) < 4.78 is 0. The van der Waals surface area contributed by atoms with E-state index < -0.39 is 0 Å². The van der Waals surface area contributed by atoms with Crippen molar-refractivity contribution in [2.24, 2.45) is 11.7 Å². The highest BCUT2D eigenvalue weighted by atomic mass is 15.2. The van der Waals surface area contributed by atoms with Gasteiger partial charge in [-0.3, -0.25) is 0 Å². The van der Waals surface area contributed by atoms with E-state index in [4.69, 9.17) is 5.73 Å². The van der Waals surface area contributed by atoms with Gasteiger partial charge < -0.3 is 10.6 Å². The molecule has 0 spiro atoms. The maximum Gasteiger partial charge on any atom is 0.0147 e. The second-order valence-corrected chi connectivity index (χ2v) is 4.39. The molecule has 12 heavy (non-hydrogen) atoms. The van der Waals surface area contributed by atoms with Crippen LogP contribution < -0.4 is 5.73 Å². The lowest BCUT2D eigenvalue weighted by Crippen LogP contribution is -2.43. The highest BCUT2D eigenvalue weighted by molar-refractivity contribution is 4.78. The Morgan fingerprint density at radius 1 is 1.42 bits per heavy atom. The van der Waals surface area contributed by atoms with E-state index in [2.05, 4.69) is 39.6 Å². The van der Waals surface area contributed by atoms with Gasteiger partial charge in [-0.05, 0) is 39.8 Å². The van der Waals surface area contributed by atoms with Gasteiger partial charge in [0.15, 0.2) is 0 Å². The van der Waals surface area contributed by atoms with Gasteiger partial charge in [-0.1, -0.05) is 13.8 Å². The molecule has 0 aliphatic heterocycles. The molecule has 0 aromatic rings. The van der Waals surface area contributed by atoms with Crippen LogP contribution in [0, 0.1) is 5.92 Å². The van der Waals surface area contributed by atoms with E-state index in [0.29, 0.717) is 11.5 Å². The molecule has 0 aliphatic rings. The van der Waals surface area contributed by atoms with Crippen LogP contribution in [0.1, 0.15) is 34.1 Å². The van der Waals surface area contributed by atoms with Crippen molar-refractivity contribution in [3.05, 3.63) is 0 Å². The zero-order valence-electron chi connectivity index (χ0n) is 9.22. The van der Waals surface area contributed by atoms with E-state index in [1.165, 1.54) is 6.42 Å². The number of rotatable bonds is 5. The smallest absolute Gasteiger partial charge is 0.0147 e. The molecular formula is C10H24N2. The minimum Gasteiger partial charge on any atom is -0.330 e. The van der Waals surface area contributed by atoms with E-state index in [-0.39, 0.29) is 0 Å². The lowest BCUT2D eigenvalue weighted by Gasteiger charge is -2.36. The van der Waals surface area contributed by atoms with Crippen molar-refractivity contribution in [2.45, 2.75) is 39.7 Å². The maximum atomic E-state index is 5.58. The van der Waals surface area contributed by atoms with E-state index in [1.54, 1.807) is 0 Å². The number of hydrogen-bond donors (Lipinski definition) is 1. The van der Waals surface area contributed by atoms with Gasteiger partial charge >= 0.3 is 0 Å². The van der Waals surface area contributed by atoms with Crippen LogP contribution in [0.3, 0.4) is 0 Å². The fourth-order valence-corrected chi connectivity index (χ4v) is 1.06. The molecule has 74 valence electrons. The topological polar surface area (TPSA) is 29.3 Å². The van der Waals surface area contributed by atoms with Gasteiger partial charge in [0.25, 0.3) is 0 Å². The summed E-state index contributed by atoms with van der Waals surface area (Å²) in [6.45, 7) is 10.8. The second-order valence-electron chi connectivity index (χ2n) is 4.39. The molecule has 1 unspecified atom stereocenters. The molecule has 0 amide bonds. The van der Waals surface area contributed by atoms with E-state index in [9.17, 15) is 0 Å². The molecule has 0 aromatic carbocycles. The molecule has 0 heterocycles. The van der Waals surface area contributed by atoms with E-state index in [1.807, 2.05) is 0 Å². The summed E-state index contributed by atoms with van der Waals surface area (Å²) in [5.74, 6) is 0.598. The van der Waals surface area contributed by atoms with Gasteiger partial charge in [0.05, 0.1) is 0 Å². The van der Waals surface area contributed by atoms with E-state index >= 15 is 0 Å². The van der Waals surface area contributed by atoms with Crippen LogP contribution >= 0.6 is 0 Å². The van der Waals surface area contributed by atoms with Crippen molar-refractivity contribution < 1.29 is 0 Å². The number of nitrogens with zero attached hydrogens (tertiary/aromatic N) is 1. The molecule has 0 saturated carbocycles. The first kappa shape index (κ1) is 11.9. The minimum absolute atomic E-state index is 0.309. The molecular weight excluding hydrogens is 148 g/mol. The Hall–Kier alpha value is -0.0800. The predicted molar refractivity (Wildman–Crippen MR) is 55.2 cm³/mol. The van der Waals surface area contributed by atoms with Crippen LogP contribution in [0.25, 0.3) is 0 Å². The fraction of sp³-hybridized carbons (Fsp3) is 1.00. The van der Waals surface area contributed by atoms with Crippen molar-refractivity contribution in [1.82, 2.24) is 4.90 Å². The lowest BCUT2D eigenvalue weighted by atomic mass is 9.98. The van der Waals surface area contributed by atoms with Gasteiger partial charge in [0, 0.05) is 12.1 Å². The van der Waals surface area contributed by atoms with Crippen molar-refractivity contribution in [2.75, 3.05) is 20.1 Å². The normalized spacial score (nSPS) is 15.2. The standard InChI is InChI=1S/C10H24N2/c1-6-10(3,4)12(5)8-9(2)7-11/h9H,6-8,11H2,1-5H3. The largest absolute Gasteiger partial charge is 0.330 e. The monoisotopic (exact) mass is 172 g/mol. The number of hydrogen-bond acceptors (Lipinski definition) is 2. The first-order valence-electron chi connectivity index (χ1n) is 4.85. The Morgan fingerprint density at radius 3 is 2.25 bits per heavy atom. The third kappa shape index (κ3) is 3.55. The SMILES string of the molecule is CCC(C)(C)N(C)CC(C)CN. The molecule has 0 aliphatic carbocycles. The van der Waals surface area contributed by atoms with Crippen LogP contribution in [0.2, 0.25) is 0 Å². The fourth-order valence-electron chi connectivity index (χ4n) is 1.06. The molecule has 0 rings (SSSR count). The summed E-state index contributed by atoms with van der Waals surface area (Å²) in [5, 5.41) is 0. The summed E-state index contributed by atoms with van der Waals surface area (Å²) in [6.07, 6.45) is 1.18. The van der Waals surface area contributed by atoms with Crippen LogP contribution in [0.4, 0.5) is 0 Å². The van der Waals surface area contributed by atoms with Gasteiger partial charge in [0.2, 0.25) is 0 Å². The van der Waals surface area contributed by atoms with Crippen LogP contribution in [-0.2, 0) is 0 Å². The second kappa shape index (κ2) is 4.83. The first-order chi connectivity index (χ1) is 5.44. The summed E-state index contributed by atoms with van der Waals surface area (Å²) in [7, 11) is 2.18. The molecule has 1 atom stereocenters. The van der Waals surface area contributed by atoms with Crippen LogP contribution in [0.15, 0.2) is 0 Å². The van der Waals surface area contributed by atoms with Crippen LogP contribution in [0.5, 0.6) is 0 Å². The number of nitrogens with two attached hydrogens (primary N) is 1. The van der Waals surface area contributed by atoms with E-state index in [0.717, 1.165) is 13.1 Å². The van der Waals surface area contributed by atoms with Gasteiger partial charge in [-0.25, -0.2) is 0 Å². The molecule has 2 heteroatoms. The van der Waals surface area contributed by atoms with Gasteiger partial charge in [-0.2, -0.15) is 0 Å². The predicted octanol–water partition coefficient (Wildman–Crippen LogP) is 1.70. The molecule has 0 fully saturated rings. The zero-order chi connectivity index (χ0) is 9.78. The average molecular weight is 172 g/mol. The van der Waals surface area contributed by atoms with Crippen molar-refractivity contribution >= 4 is 0 Å². The Bertz CT molecular complexity index is 121. The third-order valence-corrected chi connectivity index (χ3v) is 2.89. The summed E-state index contributed by atoms with van der Waals surface area (Å²) in [6, 6.07) is 0. The van der Waals surface area contributed by atoms with Crippen LogP contribution in [-0.4, -0.2) is 30.6 Å². The summed E-state index contributed by atoms with van der Waals surface area (Å²) in [4.78, 5) is 2.39. The molecule has 0 aromatic heterocycles. The van der Waals surface area contributed by atoms with Crippen molar-refractivity contribution in [3.63, 3.8) is 0 Å². The quantitative estimate of drug-likeness (QED) is 0.684. The highest BCUT2D eigenvalue weighted by Gasteiger charge is 2.21. The van der Waals surface area contributed by atoms with Crippen molar-refractivity contribution in [3.8, 4) is 0 Å². The Kier molecular flexibility index (Phi) is 4.80. The highest BCUT2D eigenvalue weighted by Crippen LogP contribution is 2.17. The first-order valence-corrected chi connectivity index (χ1v) is 4.85. The molecule has 2 nitrogen and oxygen atoms in total. The third-order valence-electron chi connectivity index (χ3n) is 2.89. The molecule has 0 bridgehead atoms. The van der Waals surface area contributed by atoms with Gasteiger partial charge in [0.1, 0.15) is 0 Å². The Balaban J connectivity index is 3.93. The molecule has 2 N–H and O–H groups in total. The van der Waals surface area contributed by atoms with Crippen molar-refractivity contribution in [1.29, 1.82) is 0 Å². The molecule has 0 saturated heterocycles. The average Bonchev–Trinajstić information content (AvgIpc) is 2.04. The molecule has 0 radical (unpaired) electrons. The summed E-state index contributed by atoms with van der Waals surface area (Å²) in [5.41, 5.74) is 5.89. The lowest BCUT2D eigenvalue weighted by molar-refractivity contribution is 0.133. The summed E-state index contributed by atoms with van der Waals surface area (Å²) >= 11 is 0. The Labute approximate surface area is 77.1 Å². The van der Waals surface area contributed by atoms with Gasteiger partial charge in [-0.15, -0.1) is 0 Å². The minimum atomic E-state index is 0.309. The maximum absolute atomic E-state index is 5.58. The Morgan fingerprint density at radius 2 is 1.92 bits per heavy atom.